The molecule has 1 saturated heterocycles. The molecule has 0 bridgehead atoms. The van der Waals surface area contributed by atoms with Gasteiger partial charge >= 0.3 is 12.1 Å². The van der Waals surface area contributed by atoms with Crippen molar-refractivity contribution >= 4 is 23.6 Å². The molecule has 0 atom stereocenters. The molecule has 9 heteroatoms. The van der Waals surface area contributed by atoms with Crippen molar-refractivity contribution in [2.75, 3.05) is 26.7 Å². The summed E-state index contributed by atoms with van der Waals surface area (Å²) in [5.74, 6) is 0.347. The van der Waals surface area contributed by atoms with Crippen LogP contribution in [0.5, 0.6) is 11.5 Å². The molecule has 1 aliphatic rings. The molecule has 0 unspecified atom stereocenters. The zero-order valence-corrected chi connectivity index (χ0v) is 19.0. The second-order valence-electron chi connectivity index (χ2n) is 7.93. The molecular formula is C24H25ClF3NO4. The summed E-state index contributed by atoms with van der Waals surface area (Å²) in [4.78, 5) is 13.3. The summed E-state index contributed by atoms with van der Waals surface area (Å²) in [5.41, 5.74) is -1.17. The van der Waals surface area contributed by atoms with Gasteiger partial charge in [0, 0.05) is 26.6 Å². The highest BCUT2D eigenvalue weighted by Crippen LogP contribution is 2.40. The number of aliphatic hydroxyl groups is 1. The molecule has 1 N–H and O–H groups in total. The number of carbonyl (C=O) groups is 1. The van der Waals surface area contributed by atoms with Crippen LogP contribution >= 0.6 is 11.6 Å². The molecule has 2 aromatic carbocycles. The number of likely N-dealkylation sites (tertiary alicyclic amines) is 1. The lowest BCUT2D eigenvalue weighted by molar-refractivity contribution is -0.137. The number of hydrogen-bond donors (Lipinski definition) is 1. The topological polar surface area (TPSA) is 59.0 Å². The van der Waals surface area contributed by atoms with E-state index >= 15 is 0 Å². The highest BCUT2D eigenvalue weighted by Gasteiger charge is 2.38. The van der Waals surface area contributed by atoms with Gasteiger partial charge in [-0.15, -0.1) is 0 Å². The van der Waals surface area contributed by atoms with Crippen molar-refractivity contribution in [3.8, 4) is 11.5 Å². The Bertz CT molecular complexity index is 1030. The highest BCUT2D eigenvalue weighted by atomic mass is 35.5. The number of rotatable bonds is 6. The van der Waals surface area contributed by atoms with E-state index in [1.54, 1.807) is 18.2 Å². The maximum Gasteiger partial charge on any atom is 0.417 e. The van der Waals surface area contributed by atoms with Crippen LogP contribution in [-0.4, -0.2) is 42.7 Å². The normalized spacial score (nSPS) is 16.7. The molecule has 2 aromatic rings. The molecule has 0 spiro atoms. The van der Waals surface area contributed by atoms with Crippen molar-refractivity contribution in [1.82, 2.24) is 4.90 Å². The monoisotopic (exact) mass is 483 g/mol. The fourth-order valence-electron chi connectivity index (χ4n) is 3.79. The third-order valence-corrected chi connectivity index (χ3v) is 5.94. The lowest BCUT2D eigenvalue weighted by Crippen LogP contribution is -2.42. The van der Waals surface area contributed by atoms with E-state index in [0.717, 1.165) is 11.6 Å². The predicted molar refractivity (Wildman–Crippen MR) is 119 cm³/mol. The first-order chi connectivity index (χ1) is 15.5. The summed E-state index contributed by atoms with van der Waals surface area (Å²) < 4.78 is 49.9. The Morgan fingerprint density at radius 2 is 1.88 bits per heavy atom. The molecule has 33 heavy (non-hydrogen) atoms. The second kappa shape index (κ2) is 10.2. The Balaban J connectivity index is 1.61. The molecule has 0 amide bonds. The van der Waals surface area contributed by atoms with E-state index in [0.29, 0.717) is 44.0 Å². The van der Waals surface area contributed by atoms with Crippen LogP contribution in [0.4, 0.5) is 13.2 Å². The Labute approximate surface area is 195 Å². The average Bonchev–Trinajstić information content (AvgIpc) is 2.75. The Hall–Kier alpha value is -2.55. The maximum atomic E-state index is 13.2. The summed E-state index contributed by atoms with van der Waals surface area (Å²) in [6.07, 6.45) is -0.103. The highest BCUT2D eigenvalue weighted by molar-refractivity contribution is 6.31. The van der Waals surface area contributed by atoms with E-state index in [9.17, 15) is 23.1 Å². The molecule has 3 rings (SSSR count). The van der Waals surface area contributed by atoms with Crippen LogP contribution in [0.25, 0.3) is 6.08 Å². The molecule has 1 aliphatic heterocycles. The Kier molecular flexibility index (Phi) is 7.72. The summed E-state index contributed by atoms with van der Waals surface area (Å²) in [6.45, 7) is 2.98. The third-order valence-electron chi connectivity index (χ3n) is 5.61. The first-order valence-corrected chi connectivity index (χ1v) is 10.7. The minimum absolute atomic E-state index is 0.231. The van der Waals surface area contributed by atoms with Crippen molar-refractivity contribution in [3.05, 3.63) is 64.2 Å². The number of nitrogens with zero attached hydrogens (tertiary/aromatic N) is 1. The molecule has 1 heterocycles. The minimum Gasteiger partial charge on any atom is -0.493 e. The summed E-state index contributed by atoms with van der Waals surface area (Å²) in [7, 11) is 1.49. The van der Waals surface area contributed by atoms with Crippen molar-refractivity contribution in [2.45, 2.75) is 31.5 Å². The van der Waals surface area contributed by atoms with Crippen LogP contribution in [0.3, 0.4) is 0 Å². The van der Waals surface area contributed by atoms with Crippen LogP contribution < -0.4 is 9.47 Å². The van der Waals surface area contributed by atoms with Gasteiger partial charge in [0.05, 0.1) is 23.3 Å². The molecule has 0 saturated carbocycles. The minimum atomic E-state index is -4.58. The summed E-state index contributed by atoms with van der Waals surface area (Å²) in [6, 6.07) is 8.80. The predicted octanol–water partition coefficient (Wildman–Crippen LogP) is 5.29. The maximum absolute atomic E-state index is 13.2. The summed E-state index contributed by atoms with van der Waals surface area (Å²) >= 11 is 5.70. The van der Waals surface area contributed by atoms with Gasteiger partial charge in [-0.05, 0) is 48.2 Å². The van der Waals surface area contributed by atoms with Gasteiger partial charge in [-0.3, -0.25) is 9.69 Å². The number of ether oxygens (including phenoxy) is 2. The fourth-order valence-corrected chi connectivity index (χ4v) is 4.02. The number of halogens is 4. The molecule has 0 radical (unpaired) electrons. The van der Waals surface area contributed by atoms with Crippen molar-refractivity contribution in [2.24, 2.45) is 0 Å². The number of methoxy groups -OCH3 is 1. The first kappa shape index (κ1) is 25.1. The van der Waals surface area contributed by atoms with Crippen LogP contribution in [-0.2, 0) is 16.6 Å². The Morgan fingerprint density at radius 3 is 2.48 bits per heavy atom. The van der Waals surface area contributed by atoms with Gasteiger partial charge in [-0.25, -0.2) is 0 Å². The zero-order valence-electron chi connectivity index (χ0n) is 18.3. The molecule has 1 fully saturated rings. The average molecular weight is 484 g/mol. The third kappa shape index (κ3) is 6.28. The quantitative estimate of drug-likeness (QED) is 0.447. The van der Waals surface area contributed by atoms with E-state index in [1.807, 2.05) is 12.2 Å². The van der Waals surface area contributed by atoms with Gasteiger partial charge in [0.2, 0.25) is 0 Å². The number of carbonyl (C=O) groups excluding carboxylic acids is 1. The SMILES string of the molecule is COc1cc(/C=C\CN2CCC(O)(c3ccc(Cl)c(C(F)(F)F)c3)CC2)ccc1OC(C)=O. The van der Waals surface area contributed by atoms with Crippen LogP contribution in [0.2, 0.25) is 5.02 Å². The lowest BCUT2D eigenvalue weighted by Gasteiger charge is -2.38. The van der Waals surface area contributed by atoms with Gasteiger partial charge in [0.15, 0.2) is 11.5 Å². The Morgan fingerprint density at radius 1 is 1.18 bits per heavy atom. The van der Waals surface area contributed by atoms with Gasteiger partial charge < -0.3 is 14.6 Å². The van der Waals surface area contributed by atoms with Gasteiger partial charge in [0.25, 0.3) is 0 Å². The van der Waals surface area contributed by atoms with E-state index in [1.165, 1.54) is 26.2 Å². The smallest absolute Gasteiger partial charge is 0.417 e. The fraction of sp³-hybridized carbons (Fsp3) is 0.375. The number of esters is 1. The molecule has 0 aromatic heterocycles. The van der Waals surface area contributed by atoms with Crippen molar-refractivity contribution in [3.63, 3.8) is 0 Å². The second-order valence-corrected chi connectivity index (χ2v) is 8.34. The van der Waals surface area contributed by atoms with Gasteiger partial charge in [-0.1, -0.05) is 35.9 Å². The van der Waals surface area contributed by atoms with Crippen molar-refractivity contribution in [1.29, 1.82) is 0 Å². The largest absolute Gasteiger partial charge is 0.493 e. The van der Waals surface area contributed by atoms with E-state index in [4.69, 9.17) is 21.1 Å². The zero-order chi connectivity index (χ0) is 24.2. The van der Waals surface area contributed by atoms with Crippen LogP contribution in [0.1, 0.15) is 36.5 Å². The summed E-state index contributed by atoms with van der Waals surface area (Å²) in [5, 5.41) is 10.6. The standard InChI is InChI=1S/C24H25ClF3NO4/c1-16(30)33-21-8-5-17(14-22(21)32-2)4-3-11-29-12-9-23(31,10-13-29)18-6-7-20(25)19(15-18)24(26,27)28/h3-8,14-15,31H,9-13H2,1-2H3/b4-3-. The molecular weight excluding hydrogens is 459 g/mol. The van der Waals surface area contributed by atoms with E-state index < -0.39 is 23.3 Å². The number of benzene rings is 2. The number of alkyl halides is 3. The van der Waals surface area contributed by atoms with Crippen LogP contribution in [0, 0.1) is 0 Å². The molecule has 0 aliphatic carbocycles. The van der Waals surface area contributed by atoms with E-state index in [2.05, 4.69) is 4.90 Å². The van der Waals surface area contributed by atoms with Gasteiger partial charge in [0.1, 0.15) is 0 Å². The molecule has 5 nitrogen and oxygen atoms in total. The number of piperidine rings is 1. The van der Waals surface area contributed by atoms with Gasteiger partial charge in [-0.2, -0.15) is 13.2 Å². The lowest BCUT2D eigenvalue weighted by atomic mass is 9.83. The van der Waals surface area contributed by atoms with Crippen molar-refractivity contribution < 1.29 is 32.5 Å². The number of hydrogen-bond acceptors (Lipinski definition) is 5. The molecule has 178 valence electrons. The van der Waals surface area contributed by atoms with E-state index in [-0.39, 0.29) is 10.6 Å². The first-order valence-electron chi connectivity index (χ1n) is 10.4. The van der Waals surface area contributed by atoms with Crippen LogP contribution in [0.15, 0.2) is 42.5 Å².